The fraction of sp³-hybridized carbons (Fsp3) is 0.808. The molecule has 0 radical (unpaired) electrons. The minimum Gasteiger partial charge on any atom is -0.493 e. The first kappa shape index (κ1) is 32.8. The molecule has 38 heavy (non-hydrogen) atoms. The highest BCUT2D eigenvalue weighted by Crippen LogP contribution is 2.45. The Morgan fingerprint density at radius 2 is 1.53 bits per heavy atom. The summed E-state index contributed by atoms with van der Waals surface area (Å²) in [7, 11) is -4.36. The Morgan fingerprint density at radius 3 is 2.03 bits per heavy atom. The molecule has 1 aromatic heterocycles. The molecular weight excluding hydrogens is 513 g/mol. The Balaban J connectivity index is 1.55. The van der Waals surface area contributed by atoms with Crippen molar-refractivity contribution >= 4 is 13.5 Å². The lowest BCUT2D eigenvalue weighted by Crippen LogP contribution is -2.33. The normalized spacial score (nSPS) is 23.1. The summed E-state index contributed by atoms with van der Waals surface area (Å²) in [4.78, 5) is 13.9. The van der Waals surface area contributed by atoms with E-state index >= 15 is 0 Å². The number of imidazole rings is 1. The second kappa shape index (κ2) is 17.3. The molecule has 11 nitrogen and oxygen atoms in total. The Kier molecular flexibility index (Phi) is 14.9. The van der Waals surface area contributed by atoms with Gasteiger partial charge in [-0.25, -0.2) is 9.55 Å². The smallest absolute Gasteiger partial charge is 0.472 e. The van der Waals surface area contributed by atoms with Gasteiger partial charge in [0.15, 0.2) is 6.23 Å². The van der Waals surface area contributed by atoms with Crippen molar-refractivity contribution in [3.63, 3.8) is 0 Å². The van der Waals surface area contributed by atoms with Gasteiger partial charge >= 0.3 is 7.82 Å². The lowest BCUT2D eigenvalue weighted by Gasteiger charge is -2.18. The quantitative estimate of drug-likeness (QED) is 0.104. The van der Waals surface area contributed by atoms with Crippen molar-refractivity contribution in [3.05, 3.63) is 18.6 Å². The minimum absolute atomic E-state index is 0.0198. The maximum absolute atomic E-state index is 12.2. The zero-order valence-electron chi connectivity index (χ0n) is 22.7. The number of phosphoric ester groups is 1. The standard InChI is InChI=1S/C26H48N3O8P/c1-3-4-5-6-7-8-9-10-11-12-13-14-15-16-17-35-38(33,34)36-18-21-23(30)24(31)26(37-21)29-19-28-22(20(2)27)25(29)32/h19,21,23-24,26,30-32H,2-18,27H2,1H3,(H,33,34)/t21-,23-,24-,26-/m1/s1. The number of nitrogens with two attached hydrogens (primary N) is 1. The molecule has 1 unspecified atom stereocenters. The van der Waals surface area contributed by atoms with Crippen LogP contribution in [0, 0.1) is 0 Å². The second-order valence-corrected chi connectivity index (χ2v) is 11.5. The molecule has 6 N–H and O–H groups in total. The lowest BCUT2D eigenvalue weighted by atomic mass is 10.0. The van der Waals surface area contributed by atoms with Crippen LogP contribution in [0.4, 0.5) is 0 Å². The number of aromatic hydroxyl groups is 1. The van der Waals surface area contributed by atoms with E-state index < -0.39 is 39.0 Å². The second-order valence-electron chi connectivity index (χ2n) is 10.1. The lowest BCUT2D eigenvalue weighted by molar-refractivity contribution is -0.0555. The molecule has 1 aliphatic heterocycles. The van der Waals surface area contributed by atoms with E-state index in [0.717, 1.165) is 23.8 Å². The average molecular weight is 562 g/mol. The van der Waals surface area contributed by atoms with Crippen LogP contribution < -0.4 is 5.73 Å². The van der Waals surface area contributed by atoms with Gasteiger partial charge in [-0.1, -0.05) is 97.0 Å². The number of nitrogens with zero attached hydrogens (tertiary/aromatic N) is 2. The topological polar surface area (TPSA) is 170 Å². The number of hydrogen-bond donors (Lipinski definition) is 5. The molecule has 220 valence electrons. The predicted molar refractivity (Wildman–Crippen MR) is 145 cm³/mol. The van der Waals surface area contributed by atoms with Gasteiger partial charge in [-0.05, 0) is 6.42 Å². The summed E-state index contributed by atoms with van der Waals surface area (Å²) in [5, 5.41) is 30.8. The molecule has 2 rings (SSSR count). The summed E-state index contributed by atoms with van der Waals surface area (Å²) in [6.45, 7) is 5.33. The number of hydrogen-bond acceptors (Lipinski definition) is 9. The van der Waals surface area contributed by atoms with Crippen molar-refractivity contribution in [2.45, 2.75) is 121 Å². The van der Waals surface area contributed by atoms with Crippen LogP contribution in [0.15, 0.2) is 12.9 Å². The van der Waals surface area contributed by atoms with E-state index in [2.05, 4.69) is 18.5 Å². The van der Waals surface area contributed by atoms with Crippen LogP contribution in [0.5, 0.6) is 5.88 Å². The zero-order valence-corrected chi connectivity index (χ0v) is 23.6. The number of aromatic nitrogens is 2. The number of phosphoric acid groups is 1. The fourth-order valence-corrected chi connectivity index (χ4v) is 5.32. The van der Waals surface area contributed by atoms with E-state index in [0.29, 0.717) is 6.42 Å². The molecule has 1 aliphatic rings. The predicted octanol–water partition coefficient (Wildman–Crippen LogP) is 4.75. The van der Waals surface area contributed by atoms with E-state index in [1.54, 1.807) is 0 Å². The number of rotatable bonds is 21. The first-order chi connectivity index (χ1) is 18.2. The summed E-state index contributed by atoms with van der Waals surface area (Å²) in [5.41, 5.74) is 5.59. The van der Waals surface area contributed by atoms with Crippen LogP contribution in [0.25, 0.3) is 5.70 Å². The Labute approximate surface area is 226 Å². The molecule has 0 aliphatic carbocycles. The molecule has 5 atom stereocenters. The summed E-state index contributed by atoms with van der Waals surface area (Å²) in [6.07, 6.45) is 12.9. The third kappa shape index (κ3) is 11.0. The largest absolute Gasteiger partial charge is 0.493 e. The Bertz CT molecular complexity index is 868. The average Bonchev–Trinajstić information content (AvgIpc) is 3.39. The fourth-order valence-electron chi connectivity index (χ4n) is 4.55. The van der Waals surface area contributed by atoms with Crippen molar-refractivity contribution in [1.82, 2.24) is 9.55 Å². The molecule has 0 spiro atoms. The highest BCUT2D eigenvalue weighted by Gasteiger charge is 2.45. The van der Waals surface area contributed by atoms with E-state index in [1.807, 2.05) is 0 Å². The minimum atomic E-state index is -4.36. The van der Waals surface area contributed by atoms with Gasteiger partial charge in [0.1, 0.15) is 30.3 Å². The Morgan fingerprint density at radius 1 is 1.00 bits per heavy atom. The zero-order chi connectivity index (χ0) is 28.0. The molecule has 0 bridgehead atoms. The van der Waals surface area contributed by atoms with E-state index in [1.165, 1.54) is 70.5 Å². The molecule has 1 fully saturated rings. The van der Waals surface area contributed by atoms with Gasteiger partial charge < -0.3 is 30.7 Å². The summed E-state index contributed by atoms with van der Waals surface area (Å²) in [5.74, 6) is -0.389. The van der Waals surface area contributed by atoms with Crippen LogP contribution in [0.2, 0.25) is 0 Å². The van der Waals surface area contributed by atoms with Gasteiger partial charge in [0.05, 0.1) is 18.9 Å². The van der Waals surface area contributed by atoms with E-state index in [-0.39, 0.29) is 23.9 Å². The van der Waals surface area contributed by atoms with E-state index in [4.69, 9.17) is 19.5 Å². The third-order valence-corrected chi connectivity index (χ3v) is 7.82. The van der Waals surface area contributed by atoms with Crippen LogP contribution in [0.3, 0.4) is 0 Å². The van der Waals surface area contributed by atoms with Crippen molar-refractivity contribution in [1.29, 1.82) is 0 Å². The van der Waals surface area contributed by atoms with Gasteiger partial charge in [-0.3, -0.25) is 13.6 Å². The van der Waals surface area contributed by atoms with Gasteiger partial charge in [-0.15, -0.1) is 0 Å². The van der Waals surface area contributed by atoms with Crippen molar-refractivity contribution in [3.8, 4) is 5.88 Å². The Hall–Kier alpha value is -1.46. The molecule has 0 saturated carbocycles. The SMILES string of the molecule is C=C(N)c1ncn([C@@H]2O[C@H](COP(=O)(O)OCCCCCCCCCCCCCCCC)[C@@H](O)[C@H]2O)c1O. The highest BCUT2D eigenvalue weighted by molar-refractivity contribution is 7.47. The van der Waals surface area contributed by atoms with Crippen molar-refractivity contribution in [2.75, 3.05) is 13.2 Å². The van der Waals surface area contributed by atoms with Crippen molar-refractivity contribution in [2.24, 2.45) is 5.73 Å². The number of ether oxygens (including phenoxy) is 1. The summed E-state index contributed by atoms with van der Waals surface area (Å²) in [6, 6.07) is 0. The molecular formula is C26H48N3O8P. The molecule has 2 heterocycles. The van der Waals surface area contributed by atoms with Gasteiger partial charge in [0.25, 0.3) is 0 Å². The van der Waals surface area contributed by atoms with Crippen LogP contribution in [0.1, 0.15) is 109 Å². The molecule has 0 aromatic carbocycles. The van der Waals surface area contributed by atoms with E-state index in [9.17, 15) is 24.8 Å². The van der Waals surface area contributed by atoms with Gasteiger partial charge in [-0.2, -0.15) is 0 Å². The number of aliphatic hydroxyl groups is 2. The monoisotopic (exact) mass is 561 g/mol. The maximum Gasteiger partial charge on any atom is 0.472 e. The van der Waals surface area contributed by atoms with Gasteiger partial charge in [0.2, 0.25) is 5.88 Å². The molecule has 1 saturated heterocycles. The van der Waals surface area contributed by atoms with Crippen LogP contribution in [-0.4, -0.2) is 61.3 Å². The van der Waals surface area contributed by atoms with Crippen LogP contribution in [-0.2, 0) is 18.3 Å². The maximum atomic E-state index is 12.2. The number of aliphatic hydroxyl groups excluding tert-OH is 2. The molecule has 0 amide bonds. The summed E-state index contributed by atoms with van der Waals surface area (Å²) < 4.78 is 28.9. The first-order valence-electron chi connectivity index (χ1n) is 14.0. The van der Waals surface area contributed by atoms with Gasteiger partial charge in [0, 0.05) is 0 Å². The van der Waals surface area contributed by atoms with Crippen LogP contribution >= 0.6 is 7.82 Å². The molecule has 12 heteroatoms. The highest BCUT2D eigenvalue weighted by atomic mass is 31.2. The summed E-state index contributed by atoms with van der Waals surface area (Å²) >= 11 is 0. The third-order valence-electron chi connectivity index (χ3n) is 6.84. The first-order valence-corrected chi connectivity index (χ1v) is 15.5. The number of unbranched alkanes of at least 4 members (excludes halogenated alkanes) is 13. The molecule has 1 aromatic rings. The van der Waals surface area contributed by atoms with Crippen molar-refractivity contribution < 1.29 is 38.6 Å².